The molecule has 2 aromatic rings. The SMILES string of the molecule is COc1ccc(C(C)C(C=O)c2ccc(OC)c(F)c2)cc1. The Labute approximate surface area is 129 Å². The van der Waals surface area contributed by atoms with Crippen LogP contribution < -0.4 is 9.47 Å². The van der Waals surface area contributed by atoms with Crippen molar-refractivity contribution >= 4 is 6.29 Å². The largest absolute Gasteiger partial charge is 0.497 e. The van der Waals surface area contributed by atoms with E-state index in [0.29, 0.717) is 5.56 Å². The van der Waals surface area contributed by atoms with Gasteiger partial charge in [0, 0.05) is 5.92 Å². The average Bonchev–Trinajstić information content (AvgIpc) is 2.55. The molecule has 2 unspecified atom stereocenters. The summed E-state index contributed by atoms with van der Waals surface area (Å²) in [6.45, 7) is 1.95. The molecule has 2 aromatic carbocycles. The van der Waals surface area contributed by atoms with Crippen molar-refractivity contribution in [2.45, 2.75) is 18.8 Å². The third-order valence-electron chi connectivity index (χ3n) is 3.89. The molecule has 0 heterocycles. The fraction of sp³-hybridized carbons (Fsp3) is 0.278. The minimum absolute atomic E-state index is 0.0730. The van der Waals surface area contributed by atoms with E-state index < -0.39 is 11.7 Å². The third kappa shape index (κ3) is 3.27. The van der Waals surface area contributed by atoms with E-state index in [1.165, 1.54) is 13.2 Å². The van der Waals surface area contributed by atoms with Crippen molar-refractivity contribution in [1.29, 1.82) is 0 Å². The molecule has 0 aromatic heterocycles. The maximum Gasteiger partial charge on any atom is 0.165 e. The summed E-state index contributed by atoms with van der Waals surface area (Å²) in [5, 5.41) is 0. The second-order valence-corrected chi connectivity index (χ2v) is 5.12. The van der Waals surface area contributed by atoms with Crippen LogP contribution in [0.3, 0.4) is 0 Å². The van der Waals surface area contributed by atoms with Crippen molar-refractivity contribution in [3.63, 3.8) is 0 Å². The van der Waals surface area contributed by atoms with Gasteiger partial charge in [0.15, 0.2) is 11.6 Å². The Kier molecular flexibility index (Phi) is 5.15. The van der Waals surface area contributed by atoms with E-state index in [1.54, 1.807) is 19.2 Å². The molecule has 0 fully saturated rings. The first-order valence-corrected chi connectivity index (χ1v) is 7.03. The zero-order valence-electron chi connectivity index (χ0n) is 12.9. The zero-order valence-corrected chi connectivity index (χ0v) is 12.9. The van der Waals surface area contributed by atoms with Crippen molar-refractivity contribution in [1.82, 2.24) is 0 Å². The first kappa shape index (κ1) is 16.0. The molecule has 0 aliphatic rings. The van der Waals surface area contributed by atoms with Crippen LogP contribution >= 0.6 is 0 Å². The first-order chi connectivity index (χ1) is 10.6. The number of halogens is 1. The zero-order chi connectivity index (χ0) is 16.1. The lowest BCUT2D eigenvalue weighted by molar-refractivity contribution is -0.109. The summed E-state index contributed by atoms with van der Waals surface area (Å²) >= 11 is 0. The number of carbonyl (C=O) groups is 1. The topological polar surface area (TPSA) is 35.5 Å². The second kappa shape index (κ2) is 7.07. The van der Waals surface area contributed by atoms with Gasteiger partial charge in [-0.3, -0.25) is 0 Å². The molecule has 3 nitrogen and oxygen atoms in total. The van der Waals surface area contributed by atoms with E-state index in [-0.39, 0.29) is 11.7 Å². The predicted octanol–water partition coefficient (Wildman–Crippen LogP) is 3.93. The van der Waals surface area contributed by atoms with Crippen LogP contribution in [0.1, 0.15) is 29.9 Å². The lowest BCUT2D eigenvalue weighted by Crippen LogP contribution is -2.10. The molecule has 0 amide bonds. The van der Waals surface area contributed by atoms with Gasteiger partial charge in [-0.2, -0.15) is 0 Å². The van der Waals surface area contributed by atoms with Gasteiger partial charge < -0.3 is 14.3 Å². The van der Waals surface area contributed by atoms with Gasteiger partial charge >= 0.3 is 0 Å². The molecule has 0 aliphatic carbocycles. The predicted molar refractivity (Wildman–Crippen MR) is 83.2 cm³/mol. The molecule has 2 atom stereocenters. The normalized spacial score (nSPS) is 13.3. The maximum atomic E-state index is 13.9. The number of benzene rings is 2. The Hall–Kier alpha value is -2.36. The monoisotopic (exact) mass is 302 g/mol. The Morgan fingerprint density at radius 1 is 1.00 bits per heavy atom. The van der Waals surface area contributed by atoms with Crippen molar-refractivity contribution in [2.24, 2.45) is 0 Å². The van der Waals surface area contributed by atoms with E-state index in [4.69, 9.17) is 9.47 Å². The lowest BCUT2D eigenvalue weighted by Gasteiger charge is -2.20. The number of hydrogen-bond donors (Lipinski definition) is 0. The minimum Gasteiger partial charge on any atom is -0.497 e. The summed E-state index contributed by atoms with van der Waals surface area (Å²) < 4.78 is 23.9. The van der Waals surface area contributed by atoms with Gasteiger partial charge in [-0.15, -0.1) is 0 Å². The highest BCUT2D eigenvalue weighted by molar-refractivity contribution is 5.64. The Morgan fingerprint density at radius 2 is 1.64 bits per heavy atom. The fourth-order valence-corrected chi connectivity index (χ4v) is 2.49. The van der Waals surface area contributed by atoms with Gasteiger partial charge in [0.25, 0.3) is 0 Å². The van der Waals surface area contributed by atoms with Gasteiger partial charge in [-0.05, 0) is 41.3 Å². The number of carbonyl (C=O) groups excluding carboxylic acids is 1. The summed E-state index contributed by atoms with van der Waals surface area (Å²) in [5.74, 6) is -0.0293. The summed E-state index contributed by atoms with van der Waals surface area (Å²) in [5.41, 5.74) is 1.63. The highest BCUT2D eigenvalue weighted by atomic mass is 19.1. The Bertz CT molecular complexity index is 637. The summed E-state index contributed by atoms with van der Waals surface area (Å²) in [6.07, 6.45) is 0.857. The molecule has 2 rings (SSSR count). The molecular formula is C18H19FO3. The molecule has 0 aliphatic heterocycles. The maximum absolute atomic E-state index is 13.9. The highest BCUT2D eigenvalue weighted by Gasteiger charge is 2.21. The Balaban J connectivity index is 2.29. The summed E-state index contributed by atoms with van der Waals surface area (Å²) in [6, 6.07) is 12.2. The lowest BCUT2D eigenvalue weighted by atomic mass is 9.83. The minimum atomic E-state index is -0.464. The van der Waals surface area contributed by atoms with Gasteiger partial charge in [-0.1, -0.05) is 25.1 Å². The van der Waals surface area contributed by atoms with Crippen molar-refractivity contribution in [3.05, 3.63) is 59.4 Å². The number of rotatable bonds is 6. The van der Waals surface area contributed by atoms with Crippen LogP contribution in [0.15, 0.2) is 42.5 Å². The second-order valence-electron chi connectivity index (χ2n) is 5.12. The number of methoxy groups -OCH3 is 2. The van der Waals surface area contributed by atoms with Crippen LogP contribution in [0.2, 0.25) is 0 Å². The van der Waals surface area contributed by atoms with Crippen molar-refractivity contribution in [3.8, 4) is 11.5 Å². The highest BCUT2D eigenvalue weighted by Crippen LogP contribution is 2.33. The molecular weight excluding hydrogens is 283 g/mol. The van der Waals surface area contributed by atoms with Gasteiger partial charge in [0.2, 0.25) is 0 Å². The summed E-state index contributed by atoms with van der Waals surface area (Å²) in [7, 11) is 3.02. The standard InChI is InChI=1S/C18H19FO3/c1-12(13-4-7-15(21-2)8-5-13)16(11-20)14-6-9-18(22-3)17(19)10-14/h4-12,16H,1-3H3. The van der Waals surface area contributed by atoms with E-state index in [1.807, 2.05) is 31.2 Å². The molecule has 0 bridgehead atoms. The number of ether oxygens (including phenoxy) is 2. The average molecular weight is 302 g/mol. The van der Waals surface area contributed by atoms with E-state index in [2.05, 4.69) is 0 Å². The molecule has 116 valence electrons. The number of hydrogen-bond acceptors (Lipinski definition) is 3. The molecule has 0 N–H and O–H groups in total. The van der Waals surface area contributed by atoms with Gasteiger partial charge in [-0.25, -0.2) is 4.39 Å². The molecule has 0 saturated heterocycles. The summed E-state index contributed by atoms with van der Waals surface area (Å²) in [4.78, 5) is 11.5. The van der Waals surface area contributed by atoms with Crippen LogP contribution in [0.25, 0.3) is 0 Å². The van der Waals surface area contributed by atoms with Gasteiger partial charge in [0.1, 0.15) is 12.0 Å². The quantitative estimate of drug-likeness (QED) is 0.758. The number of aldehydes is 1. The molecule has 0 radical (unpaired) electrons. The molecule has 0 spiro atoms. The van der Waals surface area contributed by atoms with E-state index in [0.717, 1.165) is 17.6 Å². The van der Waals surface area contributed by atoms with Crippen LogP contribution in [-0.4, -0.2) is 20.5 Å². The molecule has 4 heteroatoms. The van der Waals surface area contributed by atoms with E-state index >= 15 is 0 Å². The van der Waals surface area contributed by atoms with Crippen molar-refractivity contribution < 1.29 is 18.7 Å². The first-order valence-electron chi connectivity index (χ1n) is 7.03. The van der Waals surface area contributed by atoms with E-state index in [9.17, 15) is 9.18 Å². The fourth-order valence-electron chi connectivity index (χ4n) is 2.49. The van der Waals surface area contributed by atoms with Gasteiger partial charge in [0.05, 0.1) is 14.2 Å². The van der Waals surface area contributed by atoms with Crippen LogP contribution in [0, 0.1) is 5.82 Å². The van der Waals surface area contributed by atoms with Crippen LogP contribution in [0.4, 0.5) is 4.39 Å². The smallest absolute Gasteiger partial charge is 0.165 e. The van der Waals surface area contributed by atoms with Crippen LogP contribution in [-0.2, 0) is 4.79 Å². The Morgan fingerprint density at radius 3 is 2.14 bits per heavy atom. The molecule has 0 saturated carbocycles. The van der Waals surface area contributed by atoms with Crippen LogP contribution in [0.5, 0.6) is 11.5 Å². The third-order valence-corrected chi connectivity index (χ3v) is 3.89. The van der Waals surface area contributed by atoms with Crippen molar-refractivity contribution in [2.75, 3.05) is 14.2 Å². The molecule has 22 heavy (non-hydrogen) atoms.